The predicted octanol–water partition coefficient (Wildman–Crippen LogP) is 1.83. The second-order valence-corrected chi connectivity index (χ2v) is 3.38. The number of hydrogen-bond donors (Lipinski definition) is 1. The highest BCUT2D eigenvalue weighted by Crippen LogP contribution is 2.22. The minimum Gasteiger partial charge on any atom is -0.472 e. The first-order chi connectivity index (χ1) is 7.70. The van der Waals surface area contributed by atoms with Crippen LogP contribution >= 0.6 is 11.6 Å². The lowest BCUT2D eigenvalue weighted by Crippen LogP contribution is -2.02. The lowest BCUT2D eigenvalue weighted by molar-refractivity contribution is 0.353. The summed E-state index contributed by atoms with van der Waals surface area (Å²) in [6.45, 7) is 3.87. The quantitative estimate of drug-likeness (QED) is 0.650. The van der Waals surface area contributed by atoms with Crippen LogP contribution in [0.25, 0.3) is 11.0 Å². The van der Waals surface area contributed by atoms with Crippen LogP contribution in [0.3, 0.4) is 0 Å². The number of ether oxygens (including phenoxy) is 1. The first kappa shape index (κ1) is 10.6. The monoisotopic (exact) mass is 236 g/mol. The highest BCUT2D eigenvalue weighted by molar-refractivity contribution is 6.29. The van der Waals surface area contributed by atoms with Gasteiger partial charge in [0.05, 0.1) is 5.52 Å². The van der Waals surface area contributed by atoms with Crippen molar-refractivity contribution in [1.29, 1.82) is 0 Å². The summed E-state index contributed by atoms with van der Waals surface area (Å²) in [5.74, 6) is 0.445. The normalized spacial score (nSPS) is 10.3. The zero-order valence-corrected chi connectivity index (χ0v) is 9.11. The van der Waals surface area contributed by atoms with E-state index in [-0.39, 0.29) is 5.95 Å². The van der Waals surface area contributed by atoms with Gasteiger partial charge in [-0.15, -0.1) is 0 Å². The molecule has 0 spiro atoms. The third kappa shape index (κ3) is 2.04. The number of rotatable bonds is 3. The van der Waals surface area contributed by atoms with Crippen LogP contribution in [0.4, 0.5) is 5.95 Å². The predicted molar refractivity (Wildman–Crippen MR) is 62.4 cm³/mol. The van der Waals surface area contributed by atoms with Gasteiger partial charge in [-0.2, -0.15) is 4.98 Å². The van der Waals surface area contributed by atoms with Crippen LogP contribution in [0.1, 0.15) is 0 Å². The molecule has 16 heavy (non-hydrogen) atoms. The molecule has 0 saturated heterocycles. The van der Waals surface area contributed by atoms with Crippen LogP contribution in [-0.2, 0) is 0 Å². The Balaban J connectivity index is 2.59. The first-order valence-corrected chi connectivity index (χ1v) is 4.92. The average molecular weight is 237 g/mol. The Kier molecular flexibility index (Phi) is 2.87. The molecule has 2 heterocycles. The Morgan fingerprint density at radius 2 is 2.19 bits per heavy atom. The Bertz CT molecular complexity index is 544. The standard InChI is InChI=1S/C10H9ClN4O/c1-2-5-16-9-8-6(13-10(12)15-9)3-4-7(11)14-8/h2-4H,1,5H2,(H2,12,13,15). The molecule has 0 bridgehead atoms. The van der Waals surface area contributed by atoms with Crippen LogP contribution in [0.2, 0.25) is 5.15 Å². The van der Waals surface area contributed by atoms with Gasteiger partial charge in [-0.1, -0.05) is 24.3 Å². The Morgan fingerprint density at radius 3 is 2.94 bits per heavy atom. The minimum atomic E-state index is 0.135. The number of pyridine rings is 1. The van der Waals surface area contributed by atoms with Crippen molar-refractivity contribution in [3.63, 3.8) is 0 Å². The van der Waals surface area contributed by atoms with Crippen LogP contribution in [0, 0.1) is 0 Å². The summed E-state index contributed by atoms with van der Waals surface area (Å²) in [4.78, 5) is 12.1. The second-order valence-electron chi connectivity index (χ2n) is 2.99. The van der Waals surface area contributed by atoms with E-state index in [1.807, 2.05) is 0 Å². The van der Waals surface area contributed by atoms with Gasteiger partial charge < -0.3 is 10.5 Å². The Morgan fingerprint density at radius 1 is 1.38 bits per heavy atom. The zero-order valence-electron chi connectivity index (χ0n) is 8.35. The highest BCUT2D eigenvalue weighted by atomic mass is 35.5. The lowest BCUT2D eigenvalue weighted by Gasteiger charge is -2.06. The molecule has 2 N–H and O–H groups in total. The maximum atomic E-state index is 5.79. The van der Waals surface area contributed by atoms with Crippen molar-refractivity contribution in [3.05, 3.63) is 29.9 Å². The van der Waals surface area contributed by atoms with E-state index in [1.165, 1.54) is 0 Å². The molecule has 2 aromatic rings. The fourth-order valence-electron chi connectivity index (χ4n) is 1.22. The molecule has 0 amide bonds. The van der Waals surface area contributed by atoms with Gasteiger partial charge in [0.1, 0.15) is 11.8 Å². The molecule has 6 heteroatoms. The average Bonchev–Trinajstić information content (AvgIpc) is 2.26. The van der Waals surface area contributed by atoms with Crippen molar-refractivity contribution in [1.82, 2.24) is 15.0 Å². The van der Waals surface area contributed by atoms with Crippen molar-refractivity contribution in [2.45, 2.75) is 0 Å². The van der Waals surface area contributed by atoms with E-state index in [9.17, 15) is 0 Å². The number of anilines is 1. The largest absolute Gasteiger partial charge is 0.472 e. The van der Waals surface area contributed by atoms with E-state index >= 15 is 0 Å². The van der Waals surface area contributed by atoms with E-state index in [0.717, 1.165) is 0 Å². The fourth-order valence-corrected chi connectivity index (χ4v) is 1.37. The molecule has 0 radical (unpaired) electrons. The molecule has 0 aliphatic rings. The summed E-state index contributed by atoms with van der Waals surface area (Å²) < 4.78 is 5.33. The first-order valence-electron chi connectivity index (χ1n) is 4.54. The number of nitrogen functional groups attached to an aromatic ring is 1. The number of nitrogens with two attached hydrogens (primary N) is 1. The molecule has 2 aromatic heterocycles. The van der Waals surface area contributed by atoms with Crippen LogP contribution in [0.15, 0.2) is 24.8 Å². The minimum absolute atomic E-state index is 0.135. The lowest BCUT2D eigenvalue weighted by atomic mass is 10.3. The number of nitrogens with zero attached hydrogens (tertiary/aromatic N) is 3. The fraction of sp³-hybridized carbons (Fsp3) is 0.100. The number of hydrogen-bond acceptors (Lipinski definition) is 5. The molecule has 0 aromatic carbocycles. The summed E-state index contributed by atoms with van der Waals surface area (Å²) in [6.07, 6.45) is 1.61. The molecule has 0 aliphatic carbocycles. The van der Waals surface area contributed by atoms with Gasteiger partial charge in [-0.05, 0) is 12.1 Å². The van der Waals surface area contributed by atoms with E-state index in [1.54, 1.807) is 18.2 Å². The SMILES string of the molecule is C=CCOc1nc(N)nc2ccc(Cl)nc12. The molecule has 0 saturated carbocycles. The van der Waals surface area contributed by atoms with Gasteiger partial charge in [0.2, 0.25) is 11.8 Å². The smallest absolute Gasteiger partial charge is 0.245 e. The van der Waals surface area contributed by atoms with Gasteiger partial charge in [0.25, 0.3) is 0 Å². The summed E-state index contributed by atoms with van der Waals surface area (Å²) in [7, 11) is 0. The van der Waals surface area contributed by atoms with E-state index < -0.39 is 0 Å². The van der Waals surface area contributed by atoms with Crippen LogP contribution in [-0.4, -0.2) is 21.6 Å². The van der Waals surface area contributed by atoms with Gasteiger partial charge in [0, 0.05) is 0 Å². The van der Waals surface area contributed by atoms with E-state index in [4.69, 9.17) is 22.1 Å². The summed E-state index contributed by atoms with van der Waals surface area (Å²) >= 11 is 5.79. The highest BCUT2D eigenvalue weighted by Gasteiger charge is 2.09. The van der Waals surface area contributed by atoms with Crippen molar-refractivity contribution in [3.8, 4) is 5.88 Å². The molecule has 0 aliphatic heterocycles. The summed E-state index contributed by atoms with van der Waals surface area (Å²) in [5.41, 5.74) is 6.63. The molecule has 5 nitrogen and oxygen atoms in total. The van der Waals surface area contributed by atoms with Crippen molar-refractivity contribution >= 4 is 28.6 Å². The molecule has 2 rings (SSSR count). The van der Waals surface area contributed by atoms with Crippen LogP contribution in [0.5, 0.6) is 5.88 Å². The van der Waals surface area contributed by atoms with Gasteiger partial charge in [-0.25, -0.2) is 9.97 Å². The topological polar surface area (TPSA) is 73.9 Å². The molecule has 0 unspecified atom stereocenters. The maximum absolute atomic E-state index is 5.79. The van der Waals surface area contributed by atoms with Crippen molar-refractivity contribution in [2.24, 2.45) is 0 Å². The number of fused-ring (bicyclic) bond motifs is 1. The van der Waals surface area contributed by atoms with Gasteiger partial charge in [0.15, 0.2) is 5.52 Å². The number of halogens is 1. The number of aromatic nitrogens is 3. The second kappa shape index (κ2) is 4.32. The van der Waals surface area contributed by atoms with Gasteiger partial charge >= 0.3 is 0 Å². The summed E-state index contributed by atoms with van der Waals surface area (Å²) in [6, 6.07) is 3.34. The molecular formula is C10H9ClN4O. The molecule has 0 fully saturated rings. The van der Waals surface area contributed by atoms with Crippen molar-refractivity contribution < 1.29 is 4.74 Å². The summed E-state index contributed by atoms with van der Waals surface area (Å²) in [5, 5.41) is 0.351. The molecule has 0 atom stereocenters. The maximum Gasteiger partial charge on any atom is 0.245 e. The third-order valence-electron chi connectivity index (χ3n) is 1.83. The van der Waals surface area contributed by atoms with E-state index in [0.29, 0.717) is 28.7 Å². The van der Waals surface area contributed by atoms with E-state index in [2.05, 4.69) is 21.5 Å². The zero-order chi connectivity index (χ0) is 11.5. The Hall–Kier alpha value is -1.88. The van der Waals surface area contributed by atoms with Crippen LogP contribution < -0.4 is 10.5 Å². The van der Waals surface area contributed by atoms with Gasteiger partial charge in [-0.3, -0.25) is 0 Å². The molecule has 82 valence electrons. The Labute approximate surface area is 96.9 Å². The molecular weight excluding hydrogens is 228 g/mol. The van der Waals surface area contributed by atoms with Crippen molar-refractivity contribution in [2.75, 3.05) is 12.3 Å². The third-order valence-corrected chi connectivity index (χ3v) is 2.04.